The van der Waals surface area contributed by atoms with E-state index in [0.717, 1.165) is 42.4 Å². The summed E-state index contributed by atoms with van der Waals surface area (Å²) in [5.41, 5.74) is 9.32. The first-order valence-electron chi connectivity index (χ1n) is 10.2. The van der Waals surface area contributed by atoms with Gasteiger partial charge in [-0.1, -0.05) is 60.7 Å². The van der Waals surface area contributed by atoms with Crippen molar-refractivity contribution in [3.63, 3.8) is 0 Å². The zero-order chi connectivity index (χ0) is 20.9. The minimum atomic E-state index is -0.468. The number of hydrogen-bond acceptors (Lipinski definition) is 4. The number of anilines is 1. The van der Waals surface area contributed by atoms with Crippen LogP contribution in [0.4, 0.5) is 5.00 Å². The molecule has 4 N–H and O–H groups in total. The molecule has 6 heteroatoms. The minimum absolute atomic E-state index is 0.106. The van der Waals surface area contributed by atoms with E-state index in [1.54, 1.807) is 0 Å². The highest BCUT2D eigenvalue weighted by molar-refractivity contribution is 7.17. The van der Waals surface area contributed by atoms with Crippen LogP contribution in [0.1, 0.15) is 50.8 Å². The fraction of sp³-hybridized carbons (Fsp3) is 0.250. The van der Waals surface area contributed by atoms with Gasteiger partial charge in [-0.3, -0.25) is 14.9 Å². The van der Waals surface area contributed by atoms with Gasteiger partial charge in [0.1, 0.15) is 5.00 Å². The highest BCUT2D eigenvalue weighted by Crippen LogP contribution is 2.37. The van der Waals surface area contributed by atoms with Gasteiger partial charge >= 0.3 is 0 Å². The number of hydrogen-bond donors (Lipinski definition) is 3. The number of carbonyl (C=O) groups is 2. The molecule has 0 saturated carbocycles. The Morgan fingerprint density at radius 3 is 2.13 bits per heavy atom. The molecule has 0 bridgehead atoms. The van der Waals surface area contributed by atoms with E-state index < -0.39 is 5.91 Å². The van der Waals surface area contributed by atoms with Crippen LogP contribution in [0, 0.1) is 0 Å². The van der Waals surface area contributed by atoms with Crippen LogP contribution in [0.2, 0.25) is 0 Å². The normalized spacial score (nSPS) is 13.1. The molecule has 1 aliphatic carbocycles. The molecule has 1 heterocycles. The lowest BCUT2D eigenvalue weighted by Crippen LogP contribution is -2.32. The Morgan fingerprint density at radius 1 is 0.933 bits per heavy atom. The zero-order valence-corrected chi connectivity index (χ0v) is 17.5. The fourth-order valence-corrected chi connectivity index (χ4v) is 5.31. The number of primary amides is 1. The van der Waals surface area contributed by atoms with Crippen LogP contribution in [0.5, 0.6) is 0 Å². The topological polar surface area (TPSA) is 84.2 Å². The number of aryl methyl sites for hydroxylation is 1. The number of nitrogens with two attached hydrogens (primary N) is 1. The molecule has 30 heavy (non-hydrogen) atoms. The number of amides is 2. The first-order chi connectivity index (χ1) is 14.6. The summed E-state index contributed by atoms with van der Waals surface area (Å²) in [4.78, 5) is 26.0. The Labute approximate surface area is 180 Å². The van der Waals surface area contributed by atoms with E-state index in [4.69, 9.17) is 5.73 Å². The average molecular weight is 420 g/mol. The lowest BCUT2D eigenvalue weighted by Gasteiger charge is -2.19. The lowest BCUT2D eigenvalue weighted by atomic mass is 9.95. The summed E-state index contributed by atoms with van der Waals surface area (Å²) in [6.07, 6.45) is 3.95. The molecule has 5 nitrogen and oxygen atoms in total. The smallest absolute Gasteiger partial charge is 0.251 e. The highest BCUT2D eigenvalue weighted by atomic mass is 32.1. The Kier molecular flexibility index (Phi) is 6.26. The molecule has 0 aliphatic heterocycles. The third-order valence-electron chi connectivity index (χ3n) is 5.40. The van der Waals surface area contributed by atoms with Crippen molar-refractivity contribution in [2.45, 2.75) is 31.7 Å². The monoisotopic (exact) mass is 419 g/mol. The summed E-state index contributed by atoms with van der Waals surface area (Å²) < 4.78 is 0. The van der Waals surface area contributed by atoms with Gasteiger partial charge in [0.25, 0.3) is 5.91 Å². The maximum atomic E-state index is 12.7. The number of nitrogens with one attached hydrogen (secondary N) is 2. The van der Waals surface area contributed by atoms with Crippen molar-refractivity contribution in [2.75, 3.05) is 11.9 Å². The first-order valence-corrected chi connectivity index (χ1v) is 11.0. The lowest BCUT2D eigenvalue weighted by molar-refractivity contribution is -0.115. The predicted molar refractivity (Wildman–Crippen MR) is 121 cm³/mol. The van der Waals surface area contributed by atoms with E-state index in [0.29, 0.717) is 10.6 Å². The van der Waals surface area contributed by atoms with Crippen LogP contribution in [0.15, 0.2) is 60.7 Å². The van der Waals surface area contributed by atoms with E-state index in [1.807, 2.05) is 60.7 Å². The molecule has 1 aromatic heterocycles. The summed E-state index contributed by atoms with van der Waals surface area (Å²) >= 11 is 1.49. The summed E-state index contributed by atoms with van der Waals surface area (Å²) in [6.45, 7) is 0.120. The van der Waals surface area contributed by atoms with Gasteiger partial charge in [-0.15, -0.1) is 11.3 Å². The number of fused-ring (bicyclic) bond motifs is 1. The van der Waals surface area contributed by atoms with E-state index in [-0.39, 0.29) is 18.5 Å². The molecule has 2 amide bonds. The van der Waals surface area contributed by atoms with Crippen molar-refractivity contribution >= 4 is 28.2 Å². The van der Waals surface area contributed by atoms with Gasteiger partial charge in [0.05, 0.1) is 18.2 Å². The first kappa shape index (κ1) is 20.3. The van der Waals surface area contributed by atoms with Crippen molar-refractivity contribution in [1.29, 1.82) is 0 Å². The van der Waals surface area contributed by atoms with Crippen LogP contribution in [0.3, 0.4) is 0 Å². The molecule has 2 aromatic carbocycles. The molecule has 154 valence electrons. The van der Waals surface area contributed by atoms with Gasteiger partial charge in [0.15, 0.2) is 0 Å². The molecule has 4 rings (SSSR count). The van der Waals surface area contributed by atoms with E-state index in [9.17, 15) is 9.59 Å². The van der Waals surface area contributed by atoms with Crippen molar-refractivity contribution in [3.05, 3.63) is 87.8 Å². The molecule has 0 unspecified atom stereocenters. The largest absolute Gasteiger partial charge is 0.365 e. The van der Waals surface area contributed by atoms with Crippen molar-refractivity contribution in [1.82, 2.24) is 5.32 Å². The zero-order valence-electron chi connectivity index (χ0n) is 16.7. The van der Waals surface area contributed by atoms with E-state index in [2.05, 4.69) is 10.6 Å². The molecule has 0 atom stereocenters. The second-order valence-corrected chi connectivity index (χ2v) is 8.57. The van der Waals surface area contributed by atoms with Gasteiger partial charge in [0, 0.05) is 4.88 Å². The van der Waals surface area contributed by atoms with Gasteiger partial charge in [-0.2, -0.15) is 0 Å². The van der Waals surface area contributed by atoms with Crippen molar-refractivity contribution < 1.29 is 9.59 Å². The van der Waals surface area contributed by atoms with Gasteiger partial charge < -0.3 is 11.1 Å². The quantitative estimate of drug-likeness (QED) is 0.540. The predicted octanol–water partition coefficient (Wildman–Crippen LogP) is 4.04. The Morgan fingerprint density at radius 2 is 1.53 bits per heavy atom. The Hall–Kier alpha value is -2.96. The molecule has 0 spiro atoms. The average Bonchev–Trinajstić information content (AvgIpc) is 3.13. The summed E-state index contributed by atoms with van der Waals surface area (Å²) in [6, 6.07) is 20.0. The molecule has 3 aromatic rings. The Balaban J connectivity index is 1.50. The summed E-state index contributed by atoms with van der Waals surface area (Å²) in [5, 5.41) is 6.86. The number of thiophene rings is 1. The number of benzene rings is 2. The molecular weight excluding hydrogens is 394 g/mol. The molecule has 0 fully saturated rings. The Bertz CT molecular complexity index is 992. The van der Waals surface area contributed by atoms with Gasteiger partial charge in [-0.05, 0) is 42.4 Å². The van der Waals surface area contributed by atoms with Crippen LogP contribution < -0.4 is 16.4 Å². The van der Waals surface area contributed by atoms with Crippen molar-refractivity contribution in [3.8, 4) is 0 Å². The van der Waals surface area contributed by atoms with E-state index >= 15 is 0 Å². The van der Waals surface area contributed by atoms with Gasteiger partial charge in [-0.25, -0.2) is 0 Å². The second-order valence-electron chi connectivity index (χ2n) is 7.46. The second kappa shape index (κ2) is 9.24. The van der Waals surface area contributed by atoms with Gasteiger partial charge in [0.2, 0.25) is 5.91 Å². The maximum absolute atomic E-state index is 12.7. The molecule has 0 radical (unpaired) electrons. The number of carbonyl (C=O) groups excluding carboxylic acids is 2. The third-order valence-corrected chi connectivity index (χ3v) is 6.61. The van der Waals surface area contributed by atoms with Crippen LogP contribution in [0.25, 0.3) is 0 Å². The maximum Gasteiger partial charge on any atom is 0.251 e. The summed E-state index contributed by atoms with van der Waals surface area (Å²) in [7, 11) is 0. The molecule has 0 saturated heterocycles. The SMILES string of the molecule is NC(=O)c1c(NC(=O)CNC(c2ccccc2)c2ccccc2)sc2c1CCCC2. The number of rotatable bonds is 7. The minimum Gasteiger partial charge on any atom is -0.365 e. The fourth-order valence-electron chi connectivity index (χ4n) is 4.00. The molecule has 1 aliphatic rings. The molecular formula is C24H25N3O2S. The standard InChI is InChI=1S/C24H25N3O2S/c25-23(29)21-18-13-7-8-14-19(18)30-24(21)27-20(28)15-26-22(16-9-3-1-4-10-16)17-11-5-2-6-12-17/h1-6,9-12,22,26H,7-8,13-15H2,(H2,25,29)(H,27,28). The van der Waals surface area contributed by atoms with Crippen LogP contribution in [-0.4, -0.2) is 18.4 Å². The third kappa shape index (κ3) is 4.45. The summed E-state index contributed by atoms with van der Waals surface area (Å²) in [5.74, 6) is -0.655. The van der Waals surface area contributed by atoms with Crippen LogP contribution in [-0.2, 0) is 17.6 Å². The van der Waals surface area contributed by atoms with E-state index in [1.165, 1.54) is 16.2 Å². The van der Waals surface area contributed by atoms with Crippen molar-refractivity contribution in [2.24, 2.45) is 5.73 Å². The highest BCUT2D eigenvalue weighted by Gasteiger charge is 2.25. The van der Waals surface area contributed by atoms with Crippen LogP contribution >= 0.6 is 11.3 Å².